The van der Waals surface area contributed by atoms with Crippen molar-refractivity contribution >= 4 is 30.7 Å². The third kappa shape index (κ3) is 1.51. The molecule has 0 saturated heterocycles. The van der Waals surface area contributed by atoms with E-state index in [-0.39, 0.29) is 10.5 Å². The fraction of sp³-hybridized carbons (Fsp3) is 0.300. The standard InChI is InChI=1S/C10H8ClNO3S/c11-16(13,14)8-3-1-2-7-9(6-4-5-6)12-15-10(7)8/h1-3,6H,4-5H2. The molecule has 3 rings (SSSR count). The van der Waals surface area contributed by atoms with Crippen molar-refractivity contribution in [3.05, 3.63) is 23.9 Å². The van der Waals surface area contributed by atoms with Gasteiger partial charge in [-0.3, -0.25) is 0 Å². The van der Waals surface area contributed by atoms with E-state index in [0.717, 1.165) is 23.9 Å². The Hall–Kier alpha value is -1.07. The van der Waals surface area contributed by atoms with Crippen molar-refractivity contribution in [3.8, 4) is 0 Å². The van der Waals surface area contributed by atoms with Gasteiger partial charge in [0.2, 0.25) is 0 Å². The molecule has 4 nitrogen and oxygen atoms in total. The topological polar surface area (TPSA) is 60.2 Å². The molecule has 1 aromatic carbocycles. The van der Waals surface area contributed by atoms with Crippen LogP contribution in [-0.4, -0.2) is 13.6 Å². The van der Waals surface area contributed by atoms with Gasteiger partial charge in [-0.1, -0.05) is 11.2 Å². The van der Waals surface area contributed by atoms with Gasteiger partial charge in [0.05, 0.1) is 5.69 Å². The molecule has 1 saturated carbocycles. The molecule has 0 unspecified atom stereocenters. The van der Waals surface area contributed by atoms with Crippen molar-refractivity contribution in [3.63, 3.8) is 0 Å². The molecule has 0 bridgehead atoms. The third-order valence-corrected chi connectivity index (χ3v) is 4.06. The number of para-hydroxylation sites is 1. The zero-order valence-electron chi connectivity index (χ0n) is 8.18. The van der Waals surface area contributed by atoms with E-state index < -0.39 is 9.05 Å². The van der Waals surface area contributed by atoms with E-state index in [2.05, 4.69) is 5.16 Å². The molecular weight excluding hydrogens is 250 g/mol. The number of hydrogen-bond acceptors (Lipinski definition) is 4. The Bertz CT molecular complexity index is 658. The van der Waals surface area contributed by atoms with Crippen LogP contribution >= 0.6 is 10.7 Å². The quantitative estimate of drug-likeness (QED) is 0.776. The van der Waals surface area contributed by atoms with Crippen molar-refractivity contribution in [2.45, 2.75) is 23.7 Å². The van der Waals surface area contributed by atoms with Crippen LogP contribution in [0, 0.1) is 0 Å². The maximum absolute atomic E-state index is 11.3. The minimum absolute atomic E-state index is 0.00827. The van der Waals surface area contributed by atoms with E-state index in [1.807, 2.05) is 6.07 Å². The molecule has 1 aromatic heterocycles. The van der Waals surface area contributed by atoms with Gasteiger partial charge in [0, 0.05) is 22.0 Å². The Labute approximate surface area is 96.6 Å². The summed E-state index contributed by atoms with van der Waals surface area (Å²) in [6, 6.07) is 4.89. The molecule has 1 aliphatic carbocycles. The first-order valence-corrected chi connectivity index (χ1v) is 7.21. The monoisotopic (exact) mass is 257 g/mol. The summed E-state index contributed by atoms with van der Waals surface area (Å²) >= 11 is 0. The van der Waals surface area contributed by atoms with Gasteiger partial charge in [0.25, 0.3) is 9.05 Å². The van der Waals surface area contributed by atoms with Crippen molar-refractivity contribution in [2.75, 3.05) is 0 Å². The number of nitrogens with zero attached hydrogens (tertiary/aromatic N) is 1. The molecule has 0 spiro atoms. The lowest BCUT2D eigenvalue weighted by Crippen LogP contribution is -1.90. The summed E-state index contributed by atoms with van der Waals surface area (Å²) in [7, 11) is 1.54. The summed E-state index contributed by atoms with van der Waals surface area (Å²) in [5, 5.41) is 4.69. The molecule has 1 heterocycles. The average molecular weight is 258 g/mol. The fourth-order valence-corrected chi connectivity index (χ4v) is 2.77. The van der Waals surface area contributed by atoms with Gasteiger partial charge in [0.15, 0.2) is 5.58 Å². The highest BCUT2D eigenvalue weighted by Gasteiger charge is 2.30. The van der Waals surface area contributed by atoms with Crippen molar-refractivity contribution in [1.29, 1.82) is 0 Å². The van der Waals surface area contributed by atoms with Crippen LogP contribution in [0.5, 0.6) is 0 Å². The maximum Gasteiger partial charge on any atom is 0.265 e. The molecule has 0 N–H and O–H groups in total. The smallest absolute Gasteiger partial charge is 0.265 e. The first kappa shape index (κ1) is 10.1. The molecule has 6 heteroatoms. The summed E-state index contributed by atoms with van der Waals surface area (Å²) in [5.41, 5.74) is 1.11. The molecule has 1 aliphatic rings. The second-order valence-electron chi connectivity index (χ2n) is 3.91. The van der Waals surface area contributed by atoms with E-state index >= 15 is 0 Å². The van der Waals surface area contributed by atoms with Gasteiger partial charge < -0.3 is 4.52 Å². The van der Waals surface area contributed by atoms with Crippen LogP contribution < -0.4 is 0 Å². The number of rotatable bonds is 2. The third-order valence-electron chi connectivity index (χ3n) is 2.72. The van der Waals surface area contributed by atoms with Crippen LogP contribution in [0.4, 0.5) is 0 Å². The lowest BCUT2D eigenvalue weighted by atomic mass is 10.1. The zero-order valence-corrected chi connectivity index (χ0v) is 9.75. The second kappa shape index (κ2) is 3.21. The molecule has 0 aliphatic heterocycles. The van der Waals surface area contributed by atoms with E-state index in [1.54, 1.807) is 6.07 Å². The Morgan fingerprint density at radius 2 is 2.12 bits per heavy atom. The summed E-state index contributed by atoms with van der Waals surface area (Å²) < 4.78 is 27.7. The van der Waals surface area contributed by atoms with Gasteiger partial charge in [-0.05, 0) is 25.0 Å². The minimum atomic E-state index is -3.78. The van der Waals surface area contributed by atoms with Gasteiger partial charge in [0.1, 0.15) is 4.90 Å². The van der Waals surface area contributed by atoms with Crippen LogP contribution in [0.2, 0.25) is 0 Å². The molecular formula is C10H8ClNO3S. The van der Waals surface area contributed by atoms with Gasteiger partial charge in [-0.2, -0.15) is 0 Å². The maximum atomic E-state index is 11.3. The average Bonchev–Trinajstić information content (AvgIpc) is 2.96. The first-order chi connectivity index (χ1) is 7.57. The number of halogens is 1. The summed E-state index contributed by atoms with van der Waals surface area (Å²) in [4.78, 5) is -0.00827. The van der Waals surface area contributed by atoms with E-state index in [0.29, 0.717) is 5.92 Å². The Morgan fingerprint density at radius 3 is 2.75 bits per heavy atom. The number of hydrogen-bond donors (Lipinski definition) is 0. The molecule has 2 aromatic rings. The largest absolute Gasteiger partial charge is 0.355 e. The Balaban J connectivity index is 2.32. The molecule has 16 heavy (non-hydrogen) atoms. The minimum Gasteiger partial charge on any atom is -0.355 e. The predicted octanol–water partition coefficient (Wildman–Crippen LogP) is 2.63. The van der Waals surface area contributed by atoms with Crippen LogP contribution in [0.25, 0.3) is 11.0 Å². The second-order valence-corrected chi connectivity index (χ2v) is 6.45. The van der Waals surface area contributed by atoms with Crippen LogP contribution in [-0.2, 0) is 9.05 Å². The molecule has 1 fully saturated rings. The predicted molar refractivity (Wildman–Crippen MR) is 59.0 cm³/mol. The zero-order chi connectivity index (χ0) is 11.3. The molecule has 84 valence electrons. The Kier molecular flexibility index (Phi) is 2.03. The van der Waals surface area contributed by atoms with Crippen LogP contribution in [0.15, 0.2) is 27.6 Å². The van der Waals surface area contributed by atoms with Gasteiger partial charge >= 0.3 is 0 Å². The highest BCUT2D eigenvalue weighted by atomic mass is 35.7. The lowest BCUT2D eigenvalue weighted by molar-refractivity contribution is 0.441. The highest BCUT2D eigenvalue weighted by Crippen LogP contribution is 2.43. The number of aromatic nitrogens is 1. The van der Waals surface area contributed by atoms with Gasteiger partial charge in [-0.25, -0.2) is 8.42 Å². The normalized spacial score (nSPS) is 16.8. The van der Waals surface area contributed by atoms with Gasteiger partial charge in [-0.15, -0.1) is 0 Å². The summed E-state index contributed by atoms with van der Waals surface area (Å²) in [5.74, 6) is 0.412. The number of benzene rings is 1. The first-order valence-electron chi connectivity index (χ1n) is 4.90. The summed E-state index contributed by atoms with van der Waals surface area (Å²) in [6.07, 6.45) is 2.17. The number of fused-ring (bicyclic) bond motifs is 1. The van der Waals surface area contributed by atoms with E-state index in [9.17, 15) is 8.42 Å². The molecule has 0 radical (unpaired) electrons. The van der Waals surface area contributed by atoms with Crippen molar-refractivity contribution < 1.29 is 12.9 Å². The molecule has 0 atom stereocenters. The lowest BCUT2D eigenvalue weighted by Gasteiger charge is -1.95. The SMILES string of the molecule is O=S(=O)(Cl)c1cccc2c(C3CC3)noc12. The van der Waals surface area contributed by atoms with Crippen molar-refractivity contribution in [2.24, 2.45) is 0 Å². The summed E-state index contributed by atoms with van der Waals surface area (Å²) in [6.45, 7) is 0. The van der Waals surface area contributed by atoms with E-state index in [1.165, 1.54) is 6.07 Å². The highest BCUT2D eigenvalue weighted by molar-refractivity contribution is 8.13. The van der Waals surface area contributed by atoms with Crippen molar-refractivity contribution in [1.82, 2.24) is 5.16 Å². The van der Waals surface area contributed by atoms with E-state index in [4.69, 9.17) is 15.2 Å². The molecule has 0 amide bonds. The Morgan fingerprint density at radius 1 is 1.38 bits per heavy atom. The van der Waals surface area contributed by atoms with Crippen LogP contribution in [0.1, 0.15) is 24.5 Å². The fourth-order valence-electron chi connectivity index (χ4n) is 1.80. The van der Waals surface area contributed by atoms with Crippen LogP contribution in [0.3, 0.4) is 0 Å².